The number of rotatable bonds is 12. The van der Waals surface area contributed by atoms with Crippen LogP contribution in [0.4, 0.5) is 10.1 Å². The largest absolute Gasteiger partial charge is 0.476 e. The van der Waals surface area contributed by atoms with Crippen LogP contribution >= 0.6 is 23.2 Å². The van der Waals surface area contributed by atoms with E-state index in [-0.39, 0.29) is 22.1 Å². The Morgan fingerprint density at radius 1 is 1.03 bits per heavy atom. The van der Waals surface area contributed by atoms with Gasteiger partial charge in [-0.2, -0.15) is 0 Å². The first-order valence-corrected chi connectivity index (χ1v) is 10.8. The van der Waals surface area contributed by atoms with E-state index < -0.39 is 11.8 Å². The molecule has 4 nitrogen and oxygen atoms in total. The Morgan fingerprint density at radius 2 is 1.62 bits per heavy atom. The minimum atomic E-state index is -1.31. The minimum absolute atomic E-state index is 0.0213. The van der Waals surface area contributed by atoms with Gasteiger partial charge in [0.2, 0.25) is 0 Å². The number of unbranched alkanes of at least 4 members (excludes halogenated alkanes) is 7. The highest BCUT2D eigenvalue weighted by Crippen LogP contribution is 2.34. The second-order valence-corrected chi connectivity index (χ2v) is 7.84. The molecule has 0 unspecified atom stereocenters. The summed E-state index contributed by atoms with van der Waals surface area (Å²) in [5, 5.41) is 12.7. The zero-order valence-corrected chi connectivity index (χ0v) is 18.1. The molecule has 0 amide bonds. The molecule has 0 aliphatic heterocycles. The van der Waals surface area contributed by atoms with Gasteiger partial charge in [-0.05, 0) is 18.6 Å². The number of aromatic carboxylic acids is 1. The first-order chi connectivity index (χ1) is 14.0. The Balaban J connectivity index is 2.06. The molecule has 0 fully saturated rings. The Hall–Kier alpha value is -1.85. The van der Waals surface area contributed by atoms with Gasteiger partial charge >= 0.3 is 5.97 Å². The van der Waals surface area contributed by atoms with Gasteiger partial charge in [0.05, 0.1) is 10.7 Å². The van der Waals surface area contributed by atoms with Gasteiger partial charge in [-0.15, -0.1) is 0 Å². The maximum Gasteiger partial charge on any atom is 0.356 e. The molecule has 0 bridgehead atoms. The second-order valence-electron chi connectivity index (χ2n) is 7.03. The summed E-state index contributed by atoms with van der Waals surface area (Å²) in [6, 6.07) is 6.38. The minimum Gasteiger partial charge on any atom is -0.476 e. The first-order valence-electron chi connectivity index (χ1n) is 10.1. The van der Waals surface area contributed by atoms with Gasteiger partial charge in [-0.1, -0.05) is 87.2 Å². The molecule has 0 spiro atoms. The van der Waals surface area contributed by atoms with Crippen LogP contribution in [0, 0.1) is 5.82 Å². The van der Waals surface area contributed by atoms with Crippen molar-refractivity contribution >= 4 is 34.9 Å². The summed E-state index contributed by atoms with van der Waals surface area (Å²) in [6.45, 7) is 2.71. The zero-order valence-electron chi connectivity index (χ0n) is 16.6. The van der Waals surface area contributed by atoms with Crippen LogP contribution < -0.4 is 5.32 Å². The fourth-order valence-corrected chi connectivity index (χ4v) is 3.51. The van der Waals surface area contributed by atoms with Gasteiger partial charge in [0.25, 0.3) is 0 Å². The van der Waals surface area contributed by atoms with Crippen LogP contribution in [0.3, 0.4) is 0 Å². The second kappa shape index (κ2) is 12.0. The quantitative estimate of drug-likeness (QED) is 0.336. The highest BCUT2D eigenvalue weighted by molar-refractivity contribution is 6.36. The van der Waals surface area contributed by atoms with Crippen LogP contribution in [0.25, 0.3) is 11.3 Å². The molecule has 1 aromatic heterocycles. The SMILES string of the molecule is CCCCCCCCCCNc1c(F)c(-c2ccc(Cl)cc2)nc(C(=O)O)c1Cl. The number of anilines is 1. The fourth-order valence-electron chi connectivity index (χ4n) is 3.11. The van der Waals surface area contributed by atoms with Crippen molar-refractivity contribution < 1.29 is 14.3 Å². The molecule has 0 aliphatic rings. The summed E-state index contributed by atoms with van der Waals surface area (Å²) >= 11 is 12.0. The van der Waals surface area contributed by atoms with Crippen LogP contribution in [0.1, 0.15) is 68.8 Å². The molecular weight excluding hydrogens is 414 g/mol. The number of carboxylic acids is 1. The number of halogens is 3. The Bertz CT molecular complexity index is 813. The lowest BCUT2D eigenvalue weighted by atomic mass is 10.1. The van der Waals surface area contributed by atoms with Crippen LogP contribution in [-0.2, 0) is 0 Å². The lowest BCUT2D eigenvalue weighted by molar-refractivity contribution is 0.0691. The summed E-state index contributed by atoms with van der Waals surface area (Å²) in [7, 11) is 0. The third kappa shape index (κ3) is 6.86. The number of aromatic nitrogens is 1. The molecule has 158 valence electrons. The number of nitrogens with zero attached hydrogens (tertiary/aromatic N) is 1. The molecule has 0 aliphatic carbocycles. The normalized spacial score (nSPS) is 10.9. The number of pyridine rings is 1. The van der Waals surface area contributed by atoms with Crippen molar-refractivity contribution in [3.8, 4) is 11.3 Å². The van der Waals surface area contributed by atoms with E-state index in [1.807, 2.05) is 0 Å². The number of hydrogen-bond donors (Lipinski definition) is 2. The van der Waals surface area contributed by atoms with Crippen molar-refractivity contribution in [3.05, 3.63) is 45.8 Å². The van der Waals surface area contributed by atoms with Gasteiger partial charge in [0.1, 0.15) is 5.69 Å². The monoisotopic (exact) mass is 440 g/mol. The maximum atomic E-state index is 15.1. The van der Waals surface area contributed by atoms with E-state index in [0.29, 0.717) is 17.1 Å². The molecule has 2 aromatic rings. The molecule has 2 N–H and O–H groups in total. The zero-order chi connectivity index (χ0) is 21.2. The van der Waals surface area contributed by atoms with E-state index in [2.05, 4.69) is 17.2 Å². The van der Waals surface area contributed by atoms with E-state index >= 15 is 4.39 Å². The van der Waals surface area contributed by atoms with Crippen LogP contribution in [0.2, 0.25) is 10.0 Å². The highest BCUT2D eigenvalue weighted by Gasteiger charge is 2.23. The van der Waals surface area contributed by atoms with Crippen LogP contribution in [0.15, 0.2) is 24.3 Å². The molecule has 0 saturated carbocycles. The van der Waals surface area contributed by atoms with Crippen molar-refractivity contribution in [1.82, 2.24) is 4.98 Å². The molecule has 29 heavy (non-hydrogen) atoms. The van der Waals surface area contributed by atoms with Crippen LogP contribution in [-0.4, -0.2) is 22.6 Å². The fraction of sp³-hybridized carbons (Fsp3) is 0.455. The molecule has 0 atom stereocenters. The van der Waals surface area contributed by atoms with Crippen molar-refractivity contribution in [1.29, 1.82) is 0 Å². The Morgan fingerprint density at radius 3 is 2.21 bits per heavy atom. The third-order valence-electron chi connectivity index (χ3n) is 4.73. The maximum absolute atomic E-state index is 15.1. The molecule has 2 rings (SSSR count). The van der Waals surface area contributed by atoms with Gasteiger partial charge in [0.15, 0.2) is 11.5 Å². The lowest BCUT2D eigenvalue weighted by Crippen LogP contribution is -2.11. The van der Waals surface area contributed by atoms with Crippen molar-refractivity contribution in [2.45, 2.75) is 58.3 Å². The number of carbonyl (C=O) groups is 1. The average Bonchev–Trinajstić information content (AvgIpc) is 2.69. The van der Waals surface area contributed by atoms with E-state index in [1.54, 1.807) is 24.3 Å². The number of benzene rings is 1. The highest BCUT2D eigenvalue weighted by atomic mass is 35.5. The smallest absolute Gasteiger partial charge is 0.356 e. The van der Waals surface area contributed by atoms with Crippen molar-refractivity contribution in [3.63, 3.8) is 0 Å². The van der Waals surface area contributed by atoms with E-state index in [0.717, 1.165) is 19.3 Å². The lowest BCUT2D eigenvalue weighted by Gasteiger charge is -2.14. The van der Waals surface area contributed by atoms with E-state index in [1.165, 1.54) is 32.1 Å². The summed E-state index contributed by atoms with van der Waals surface area (Å²) in [5.74, 6) is -1.97. The standard InChI is InChI=1S/C22H27Cl2FN2O2/c1-2-3-4-5-6-7-8-9-14-26-20-17(24)21(22(28)29)27-19(18(20)25)15-10-12-16(23)13-11-15/h10-13H,2-9,14H2,1H3,(H,26,27)(H,28,29). The molecule has 7 heteroatoms. The predicted octanol–water partition coefficient (Wildman–Crippen LogP) is 7.45. The molecule has 0 radical (unpaired) electrons. The Kier molecular flexibility index (Phi) is 9.68. The molecule has 1 heterocycles. The summed E-state index contributed by atoms with van der Waals surface area (Å²) in [4.78, 5) is 15.5. The topological polar surface area (TPSA) is 62.2 Å². The van der Waals surface area contributed by atoms with Gasteiger partial charge in [0, 0.05) is 17.1 Å². The van der Waals surface area contributed by atoms with Crippen molar-refractivity contribution in [2.24, 2.45) is 0 Å². The molecule has 1 aromatic carbocycles. The van der Waals surface area contributed by atoms with Gasteiger partial charge < -0.3 is 10.4 Å². The van der Waals surface area contributed by atoms with Gasteiger partial charge in [-0.25, -0.2) is 14.2 Å². The summed E-state index contributed by atoms with van der Waals surface area (Å²) in [5.41, 5.74) is -0.0357. The first kappa shape index (κ1) is 23.4. The average molecular weight is 441 g/mol. The Labute approximate surface area is 181 Å². The molecular formula is C22H27Cl2FN2O2. The third-order valence-corrected chi connectivity index (χ3v) is 5.35. The van der Waals surface area contributed by atoms with E-state index in [4.69, 9.17) is 23.2 Å². The number of hydrogen-bond acceptors (Lipinski definition) is 3. The van der Waals surface area contributed by atoms with Crippen LogP contribution in [0.5, 0.6) is 0 Å². The van der Waals surface area contributed by atoms with Crippen molar-refractivity contribution in [2.75, 3.05) is 11.9 Å². The van der Waals surface area contributed by atoms with E-state index in [9.17, 15) is 9.90 Å². The summed E-state index contributed by atoms with van der Waals surface area (Å²) in [6.07, 6.45) is 9.25. The number of carboxylic acid groups (broad SMARTS) is 1. The molecule has 0 saturated heterocycles. The summed E-state index contributed by atoms with van der Waals surface area (Å²) < 4.78 is 15.1. The number of nitrogens with one attached hydrogen (secondary N) is 1. The van der Waals surface area contributed by atoms with Gasteiger partial charge in [-0.3, -0.25) is 0 Å². The predicted molar refractivity (Wildman–Crippen MR) is 118 cm³/mol.